The molecule has 6 nitrogen and oxygen atoms in total. The summed E-state index contributed by atoms with van der Waals surface area (Å²) in [5, 5.41) is 19.3. The first-order chi connectivity index (χ1) is 11.8. The number of carbonyl (C=O) groups excluding carboxylic acids is 1. The van der Waals surface area contributed by atoms with E-state index in [1.165, 1.54) is 30.5 Å². The van der Waals surface area contributed by atoms with E-state index in [0.29, 0.717) is 11.3 Å². The van der Waals surface area contributed by atoms with Gasteiger partial charge in [0, 0.05) is 22.9 Å². The average molecular weight is 362 g/mol. The Labute approximate surface area is 149 Å². The van der Waals surface area contributed by atoms with Crippen LogP contribution >= 0.6 is 11.6 Å². The van der Waals surface area contributed by atoms with E-state index in [9.17, 15) is 14.7 Å². The van der Waals surface area contributed by atoms with Gasteiger partial charge in [0.25, 0.3) is 0 Å². The summed E-state index contributed by atoms with van der Waals surface area (Å²) in [6, 6.07) is 8.76. The number of aliphatic imine (C=N–C) groups is 1. The number of hydrogen-bond acceptors (Lipinski definition) is 5. The van der Waals surface area contributed by atoms with Crippen LogP contribution in [0.25, 0.3) is 0 Å². The fourth-order valence-electron chi connectivity index (χ4n) is 1.89. The topological polar surface area (TPSA) is 96.2 Å². The van der Waals surface area contributed by atoms with Crippen LogP contribution < -0.4 is 4.74 Å². The number of aromatic carboxylic acids is 1. The molecule has 0 saturated heterocycles. The molecule has 0 radical (unpaired) electrons. The molecule has 2 aromatic rings. The molecule has 0 atom stereocenters. The predicted octanol–water partition coefficient (Wildman–Crippen LogP) is 4.06. The van der Waals surface area contributed by atoms with Gasteiger partial charge in [-0.15, -0.1) is 0 Å². The molecule has 0 aliphatic carbocycles. The van der Waals surface area contributed by atoms with Crippen LogP contribution in [-0.4, -0.2) is 28.4 Å². The van der Waals surface area contributed by atoms with Gasteiger partial charge in [-0.1, -0.05) is 31.5 Å². The van der Waals surface area contributed by atoms with E-state index in [2.05, 4.69) is 4.99 Å². The summed E-state index contributed by atoms with van der Waals surface area (Å²) < 4.78 is 5.21. The van der Waals surface area contributed by atoms with Crippen molar-refractivity contribution in [1.29, 1.82) is 0 Å². The standard InChI is InChI=1S/C18H16ClNO5/c1-10(2)18(24)25-16-12(6-13(19)8-15(16)21)9-20-14-5-3-4-11(7-14)17(22)23/h3-10,21H,1-2H3,(H,22,23). The molecular formula is C18H16ClNO5. The largest absolute Gasteiger partial charge is 0.504 e. The molecule has 2 rings (SSSR count). The highest BCUT2D eigenvalue weighted by Gasteiger charge is 2.17. The van der Waals surface area contributed by atoms with Crippen molar-refractivity contribution in [2.24, 2.45) is 10.9 Å². The third kappa shape index (κ3) is 4.81. The van der Waals surface area contributed by atoms with E-state index < -0.39 is 11.9 Å². The Morgan fingerprint density at radius 3 is 2.60 bits per heavy atom. The van der Waals surface area contributed by atoms with Crippen molar-refractivity contribution in [2.75, 3.05) is 0 Å². The molecule has 0 aliphatic rings. The number of nitrogens with zero attached hydrogens (tertiary/aromatic N) is 1. The van der Waals surface area contributed by atoms with E-state index in [-0.39, 0.29) is 28.0 Å². The number of rotatable bonds is 5. The van der Waals surface area contributed by atoms with Crippen LogP contribution in [0.2, 0.25) is 5.02 Å². The Morgan fingerprint density at radius 2 is 1.96 bits per heavy atom. The van der Waals surface area contributed by atoms with E-state index in [1.54, 1.807) is 26.0 Å². The molecule has 25 heavy (non-hydrogen) atoms. The lowest BCUT2D eigenvalue weighted by atomic mass is 10.1. The third-order valence-electron chi connectivity index (χ3n) is 3.18. The molecule has 0 heterocycles. The lowest BCUT2D eigenvalue weighted by Crippen LogP contribution is -2.15. The molecule has 0 aromatic heterocycles. The van der Waals surface area contributed by atoms with Gasteiger partial charge in [0.15, 0.2) is 11.5 Å². The second-order valence-corrected chi connectivity index (χ2v) is 5.97. The highest BCUT2D eigenvalue weighted by Crippen LogP contribution is 2.33. The molecule has 0 aliphatic heterocycles. The maximum atomic E-state index is 11.8. The van der Waals surface area contributed by atoms with Crippen molar-refractivity contribution in [3.63, 3.8) is 0 Å². The second-order valence-electron chi connectivity index (χ2n) is 5.53. The maximum absolute atomic E-state index is 11.8. The monoisotopic (exact) mass is 361 g/mol. The first-order valence-electron chi connectivity index (χ1n) is 7.39. The number of halogens is 1. The lowest BCUT2D eigenvalue weighted by Gasteiger charge is -2.11. The summed E-state index contributed by atoms with van der Waals surface area (Å²) in [6.45, 7) is 3.33. The molecule has 130 valence electrons. The van der Waals surface area contributed by atoms with Crippen molar-refractivity contribution >= 4 is 35.4 Å². The molecule has 0 fully saturated rings. The van der Waals surface area contributed by atoms with Crippen LogP contribution in [0.5, 0.6) is 11.5 Å². The first kappa shape index (κ1) is 18.5. The van der Waals surface area contributed by atoms with Gasteiger partial charge in [0.2, 0.25) is 0 Å². The summed E-state index contributed by atoms with van der Waals surface area (Å²) in [6.07, 6.45) is 1.34. The first-order valence-corrected chi connectivity index (χ1v) is 7.77. The Kier molecular flexibility index (Phi) is 5.77. The zero-order chi connectivity index (χ0) is 18.6. The Morgan fingerprint density at radius 1 is 1.24 bits per heavy atom. The normalized spacial score (nSPS) is 11.0. The molecular weight excluding hydrogens is 346 g/mol. The molecule has 0 unspecified atom stereocenters. The lowest BCUT2D eigenvalue weighted by molar-refractivity contribution is -0.137. The molecule has 2 N–H and O–H groups in total. The van der Waals surface area contributed by atoms with Gasteiger partial charge in [-0.25, -0.2) is 4.79 Å². The fourth-order valence-corrected chi connectivity index (χ4v) is 2.11. The number of hydrogen-bond donors (Lipinski definition) is 2. The zero-order valence-electron chi connectivity index (χ0n) is 13.6. The van der Waals surface area contributed by atoms with Crippen LogP contribution in [0.4, 0.5) is 5.69 Å². The van der Waals surface area contributed by atoms with Crippen molar-refractivity contribution in [3.05, 3.63) is 52.5 Å². The van der Waals surface area contributed by atoms with Gasteiger partial charge in [0.05, 0.1) is 17.2 Å². The van der Waals surface area contributed by atoms with E-state index in [1.807, 2.05) is 0 Å². The van der Waals surface area contributed by atoms with E-state index in [4.69, 9.17) is 21.4 Å². The van der Waals surface area contributed by atoms with Gasteiger partial charge in [-0.05, 0) is 24.3 Å². The Balaban J connectivity index is 2.39. The van der Waals surface area contributed by atoms with E-state index >= 15 is 0 Å². The SMILES string of the molecule is CC(C)C(=O)Oc1c(O)cc(Cl)cc1C=Nc1cccc(C(=O)O)c1. The van der Waals surface area contributed by atoms with Crippen molar-refractivity contribution in [3.8, 4) is 11.5 Å². The summed E-state index contributed by atoms with van der Waals surface area (Å²) >= 11 is 5.93. The summed E-state index contributed by atoms with van der Waals surface area (Å²) in [5.74, 6) is -2.31. The molecule has 0 saturated carbocycles. The summed E-state index contributed by atoms with van der Waals surface area (Å²) in [5.41, 5.74) is 0.773. The smallest absolute Gasteiger partial charge is 0.335 e. The van der Waals surface area contributed by atoms with Crippen LogP contribution in [0.1, 0.15) is 29.8 Å². The van der Waals surface area contributed by atoms with Gasteiger partial charge in [-0.2, -0.15) is 0 Å². The second kappa shape index (κ2) is 7.81. The predicted molar refractivity (Wildman–Crippen MR) is 94.2 cm³/mol. The van der Waals surface area contributed by atoms with Crippen LogP contribution in [0.3, 0.4) is 0 Å². The molecule has 2 aromatic carbocycles. The quantitative estimate of drug-likeness (QED) is 0.475. The number of aromatic hydroxyl groups is 1. The maximum Gasteiger partial charge on any atom is 0.335 e. The van der Waals surface area contributed by atoms with Gasteiger partial charge in [0.1, 0.15) is 0 Å². The summed E-state index contributed by atoms with van der Waals surface area (Å²) in [4.78, 5) is 27.0. The minimum Gasteiger partial charge on any atom is -0.504 e. The van der Waals surface area contributed by atoms with Gasteiger partial charge in [-0.3, -0.25) is 9.79 Å². The number of phenols is 1. The Bertz CT molecular complexity index is 845. The minimum absolute atomic E-state index is 0.0544. The zero-order valence-corrected chi connectivity index (χ0v) is 14.3. The minimum atomic E-state index is -1.07. The number of carboxylic acids is 1. The van der Waals surface area contributed by atoms with Crippen molar-refractivity contribution < 1.29 is 24.5 Å². The Hall–Kier alpha value is -2.86. The number of phenolic OH excluding ortho intramolecular Hbond substituents is 1. The fraction of sp³-hybridized carbons (Fsp3) is 0.167. The third-order valence-corrected chi connectivity index (χ3v) is 3.40. The van der Waals surface area contributed by atoms with Crippen LogP contribution in [-0.2, 0) is 4.79 Å². The number of carbonyl (C=O) groups is 2. The molecule has 7 heteroatoms. The van der Waals surface area contributed by atoms with Crippen LogP contribution in [0.15, 0.2) is 41.4 Å². The van der Waals surface area contributed by atoms with Crippen molar-refractivity contribution in [2.45, 2.75) is 13.8 Å². The number of ether oxygens (including phenoxy) is 1. The number of carboxylic acid groups (broad SMARTS) is 1. The van der Waals surface area contributed by atoms with Crippen molar-refractivity contribution in [1.82, 2.24) is 0 Å². The number of benzene rings is 2. The summed E-state index contributed by atoms with van der Waals surface area (Å²) in [7, 11) is 0. The molecule has 0 amide bonds. The van der Waals surface area contributed by atoms with Gasteiger partial charge >= 0.3 is 11.9 Å². The highest BCUT2D eigenvalue weighted by atomic mass is 35.5. The highest BCUT2D eigenvalue weighted by molar-refractivity contribution is 6.31. The number of esters is 1. The molecule has 0 spiro atoms. The van der Waals surface area contributed by atoms with Gasteiger partial charge < -0.3 is 14.9 Å². The average Bonchev–Trinajstić information content (AvgIpc) is 2.55. The molecule has 0 bridgehead atoms. The van der Waals surface area contributed by atoms with E-state index in [0.717, 1.165) is 0 Å². The van der Waals surface area contributed by atoms with Crippen LogP contribution in [0, 0.1) is 5.92 Å².